The molecule has 4 rings (SSSR count). The highest BCUT2D eigenvalue weighted by molar-refractivity contribution is 7.91. The molecule has 1 aromatic carbocycles. The lowest BCUT2D eigenvalue weighted by Crippen LogP contribution is -2.51. The minimum atomic E-state index is -3.08. The molecule has 1 saturated heterocycles. The van der Waals surface area contributed by atoms with Gasteiger partial charge in [0.05, 0.1) is 21.7 Å². The molecule has 1 N–H and O–H groups in total. The molecular formula is C19H19N3O5S2. The first-order chi connectivity index (χ1) is 13.8. The number of para-hydroxylation sites is 1. The normalized spacial score (nSPS) is 17.2. The Labute approximate surface area is 171 Å². The van der Waals surface area contributed by atoms with Gasteiger partial charge in [0.15, 0.2) is 26.4 Å². The lowest BCUT2D eigenvalue weighted by atomic mass is 10.2. The molecule has 1 aliphatic rings. The molecule has 1 fully saturated rings. The lowest BCUT2D eigenvalue weighted by Gasteiger charge is -2.29. The molecule has 8 nitrogen and oxygen atoms in total. The lowest BCUT2D eigenvalue weighted by molar-refractivity contribution is -0.132. The van der Waals surface area contributed by atoms with E-state index in [0.29, 0.717) is 10.8 Å². The summed E-state index contributed by atoms with van der Waals surface area (Å²) in [7, 11) is -3.08. The van der Waals surface area contributed by atoms with Gasteiger partial charge in [0, 0.05) is 13.1 Å². The van der Waals surface area contributed by atoms with E-state index in [-0.39, 0.29) is 36.3 Å². The zero-order chi connectivity index (χ0) is 20.6. The number of furan rings is 1. The summed E-state index contributed by atoms with van der Waals surface area (Å²) in [5, 5.41) is 3.29. The van der Waals surface area contributed by atoms with Gasteiger partial charge in [-0.25, -0.2) is 13.4 Å². The average molecular weight is 434 g/mol. The first kappa shape index (κ1) is 19.6. The second kappa shape index (κ2) is 7.60. The van der Waals surface area contributed by atoms with Gasteiger partial charge in [-0.3, -0.25) is 9.59 Å². The monoisotopic (exact) mass is 433 g/mol. The molecule has 1 aliphatic heterocycles. The molecule has 0 aliphatic carbocycles. The maximum Gasteiger partial charge on any atom is 0.287 e. The van der Waals surface area contributed by atoms with Crippen molar-refractivity contribution in [2.75, 3.05) is 24.6 Å². The second-order valence-electron chi connectivity index (χ2n) is 6.82. The van der Waals surface area contributed by atoms with E-state index in [1.807, 2.05) is 24.3 Å². The zero-order valence-corrected chi connectivity index (χ0v) is 17.3. The highest BCUT2D eigenvalue weighted by Crippen LogP contribution is 2.31. The Balaban J connectivity index is 1.41. The van der Waals surface area contributed by atoms with Crippen LogP contribution in [-0.2, 0) is 14.6 Å². The molecule has 2 aromatic heterocycles. The molecule has 0 saturated carbocycles. The summed E-state index contributed by atoms with van der Waals surface area (Å²) in [6, 6.07) is 10.1. The Morgan fingerprint density at radius 1 is 1.17 bits per heavy atom. The van der Waals surface area contributed by atoms with Crippen molar-refractivity contribution >= 4 is 43.2 Å². The molecule has 0 radical (unpaired) electrons. The summed E-state index contributed by atoms with van der Waals surface area (Å²) >= 11 is 1.47. The minimum absolute atomic E-state index is 0.0525. The topological polar surface area (TPSA) is 110 Å². The maximum absolute atomic E-state index is 12.5. The Morgan fingerprint density at radius 2 is 1.90 bits per heavy atom. The highest BCUT2D eigenvalue weighted by Gasteiger charge is 2.29. The van der Waals surface area contributed by atoms with Crippen LogP contribution in [0.4, 0.5) is 0 Å². The van der Waals surface area contributed by atoms with Crippen molar-refractivity contribution in [3.05, 3.63) is 42.2 Å². The number of carbonyl (C=O) groups is 2. The number of rotatable bonds is 4. The Morgan fingerprint density at radius 3 is 2.62 bits per heavy atom. The third-order valence-electron chi connectivity index (χ3n) is 4.71. The van der Waals surface area contributed by atoms with E-state index in [1.54, 1.807) is 19.1 Å². The molecule has 1 atom stereocenters. The molecular weight excluding hydrogens is 414 g/mol. The molecule has 0 bridgehead atoms. The van der Waals surface area contributed by atoms with Crippen LogP contribution in [0.15, 0.2) is 40.8 Å². The molecule has 3 heterocycles. The zero-order valence-electron chi connectivity index (χ0n) is 15.6. The molecule has 152 valence electrons. The number of nitrogens with one attached hydrogen (secondary N) is 1. The predicted molar refractivity (Wildman–Crippen MR) is 109 cm³/mol. The van der Waals surface area contributed by atoms with E-state index in [1.165, 1.54) is 16.2 Å². The summed E-state index contributed by atoms with van der Waals surface area (Å²) in [6.07, 6.45) is 0. The van der Waals surface area contributed by atoms with E-state index in [4.69, 9.17) is 4.42 Å². The van der Waals surface area contributed by atoms with Crippen LogP contribution in [0.3, 0.4) is 0 Å². The van der Waals surface area contributed by atoms with Gasteiger partial charge >= 0.3 is 0 Å². The quantitative estimate of drug-likeness (QED) is 0.673. The van der Waals surface area contributed by atoms with Gasteiger partial charge in [-0.15, -0.1) is 11.3 Å². The fourth-order valence-electron chi connectivity index (χ4n) is 3.09. The largest absolute Gasteiger partial charge is 0.448 e. The van der Waals surface area contributed by atoms with Crippen LogP contribution >= 0.6 is 11.3 Å². The van der Waals surface area contributed by atoms with Crippen molar-refractivity contribution in [1.82, 2.24) is 15.2 Å². The number of nitrogens with zero attached hydrogens (tertiary/aromatic N) is 2. The van der Waals surface area contributed by atoms with Gasteiger partial charge in [-0.05, 0) is 31.2 Å². The summed E-state index contributed by atoms with van der Waals surface area (Å²) in [5.74, 6) is -0.364. The standard InChI is InChI=1S/C19H19N3O5S2/c1-12(19(24)22-8-10-29(25,26)11-9-22)20-17(23)14-6-7-15(27-14)18-21-13-4-2-3-5-16(13)28-18/h2-7,12H,8-11H2,1H3,(H,20,23). The van der Waals surface area contributed by atoms with Crippen molar-refractivity contribution in [3.63, 3.8) is 0 Å². The number of amides is 2. The number of thiazole rings is 1. The van der Waals surface area contributed by atoms with Gasteiger partial charge in [-0.2, -0.15) is 0 Å². The van der Waals surface area contributed by atoms with Gasteiger partial charge in [0.2, 0.25) is 5.91 Å². The van der Waals surface area contributed by atoms with E-state index in [9.17, 15) is 18.0 Å². The Hall–Kier alpha value is -2.72. The van der Waals surface area contributed by atoms with Crippen LogP contribution in [0.25, 0.3) is 21.0 Å². The number of fused-ring (bicyclic) bond motifs is 1. The average Bonchev–Trinajstić information content (AvgIpc) is 3.34. The highest BCUT2D eigenvalue weighted by atomic mass is 32.2. The van der Waals surface area contributed by atoms with Crippen molar-refractivity contribution in [1.29, 1.82) is 0 Å². The Kier molecular flexibility index (Phi) is 5.13. The van der Waals surface area contributed by atoms with Crippen LogP contribution in [-0.4, -0.2) is 60.8 Å². The van der Waals surface area contributed by atoms with Gasteiger partial charge in [0.1, 0.15) is 6.04 Å². The molecule has 29 heavy (non-hydrogen) atoms. The van der Waals surface area contributed by atoms with Crippen molar-refractivity contribution in [2.45, 2.75) is 13.0 Å². The first-order valence-electron chi connectivity index (χ1n) is 9.08. The van der Waals surface area contributed by atoms with Crippen LogP contribution in [0.1, 0.15) is 17.5 Å². The smallest absolute Gasteiger partial charge is 0.287 e. The van der Waals surface area contributed by atoms with Crippen molar-refractivity contribution in [3.8, 4) is 10.8 Å². The van der Waals surface area contributed by atoms with Gasteiger partial charge < -0.3 is 14.6 Å². The fourth-order valence-corrected chi connectivity index (χ4v) is 5.22. The van der Waals surface area contributed by atoms with E-state index in [0.717, 1.165) is 10.2 Å². The number of hydrogen-bond donors (Lipinski definition) is 1. The number of hydrogen-bond acceptors (Lipinski definition) is 7. The summed E-state index contributed by atoms with van der Waals surface area (Å²) in [6.45, 7) is 1.86. The maximum atomic E-state index is 12.5. The predicted octanol–water partition coefficient (Wildman–Crippen LogP) is 1.93. The minimum Gasteiger partial charge on any atom is -0.448 e. The molecule has 0 spiro atoms. The van der Waals surface area contributed by atoms with Gasteiger partial charge in [0.25, 0.3) is 5.91 Å². The van der Waals surface area contributed by atoms with Crippen LogP contribution < -0.4 is 5.32 Å². The van der Waals surface area contributed by atoms with Crippen LogP contribution in [0.5, 0.6) is 0 Å². The number of sulfone groups is 1. The summed E-state index contributed by atoms with van der Waals surface area (Å²) in [5.41, 5.74) is 0.859. The summed E-state index contributed by atoms with van der Waals surface area (Å²) < 4.78 is 29.7. The summed E-state index contributed by atoms with van der Waals surface area (Å²) in [4.78, 5) is 30.9. The van der Waals surface area contributed by atoms with Gasteiger partial charge in [-0.1, -0.05) is 12.1 Å². The van der Waals surface area contributed by atoms with Crippen LogP contribution in [0.2, 0.25) is 0 Å². The third-order valence-corrected chi connectivity index (χ3v) is 7.37. The SMILES string of the molecule is CC(NC(=O)c1ccc(-c2nc3ccccc3s2)o1)C(=O)N1CCS(=O)(=O)CC1. The van der Waals surface area contributed by atoms with E-state index in [2.05, 4.69) is 10.3 Å². The third kappa shape index (κ3) is 4.18. The number of carbonyl (C=O) groups excluding carboxylic acids is 2. The fraction of sp³-hybridized carbons (Fsp3) is 0.316. The molecule has 3 aromatic rings. The number of benzene rings is 1. The van der Waals surface area contributed by atoms with Crippen LogP contribution in [0, 0.1) is 0 Å². The Bertz CT molecular complexity index is 1130. The van der Waals surface area contributed by atoms with E-state index < -0.39 is 21.8 Å². The van der Waals surface area contributed by atoms with Crippen molar-refractivity contribution in [2.24, 2.45) is 0 Å². The first-order valence-corrected chi connectivity index (χ1v) is 11.7. The number of aromatic nitrogens is 1. The molecule has 1 unspecified atom stereocenters. The molecule has 2 amide bonds. The molecule has 10 heteroatoms. The van der Waals surface area contributed by atoms with E-state index >= 15 is 0 Å². The second-order valence-corrected chi connectivity index (χ2v) is 10.2. The van der Waals surface area contributed by atoms with Crippen molar-refractivity contribution < 1.29 is 22.4 Å².